The summed E-state index contributed by atoms with van der Waals surface area (Å²) in [6.45, 7) is 6.42. The van der Waals surface area contributed by atoms with E-state index in [0.717, 1.165) is 15.7 Å². The second kappa shape index (κ2) is 6.23. The first-order valence-corrected chi connectivity index (χ1v) is 6.81. The Morgan fingerprint density at radius 3 is 2.71 bits per heavy atom. The molecule has 1 aromatic rings. The van der Waals surface area contributed by atoms with Gasteiger partial charge in [-0.3, -0.25) is 4.79 Å². The molecule has 0 aliphatic heterocycles. The highest BCUT2D eigenvalue weighted by Gasteiger charge is 2.17. The minimum atomic E-state index is -0.135. The SMILES string of the molecule is CCC(C)(C)NC(=O)CNc1cccc(I)c1. The molecule has 0 heterocycles. The molecule has 4 heteroatoms. The van der Waals surface area contributed by atoms with Crippen LogP contribution in [0, 0.1) is 3.57 Å². The molecule has 3 nitrogen and oxygen atoms in total. The van der Waals surface area contributed by atoms with Crippen LogP contribution in [-0.4, -0.2) is 18.0 Å². The summed E-state index contributed by atoms with van der Waals surface area (Å²) < 4.78 is 1.15. The van der Waals surface area contributed by atoms with E-state index in [9.17, 15) is 4.79 Å². The summed E-state index contributed by atoms with van der Waals surface area (Å²) in [4.78, 5) is 11.7. The highest BCUT2D eigenvalue weighted by Crippen LogP contribution is 2.12. The van der Waals surface area contributed by atoms with Crippen LogP contribution in [-0.2, 0) is 4.79 Å². The molecule has 1 rings (SSSR count). The summed E-state index contributed by atoms with van der Waals surface area (Å²) in [7, 11) is 0. The van der Waals surface area contributed by atoms with Crippen molar-refractivity contribution in [3.8, 4) is 0 Å². The summed E-state index contributed by atoms with van der Waals surface area (Å²) in [6, 6.07) is 7.96. The highest BCUT2D eigenvalue weighted by atomic mass is 127. The van der Waals surface area contributed by atoms with Gasteiger partial charge < -0.3 is 10.6 Å². The van der Waals surface area contributed by atoms with Gasteiger partial charge in [-0.15, -0.1) is 0 Å². The fourth-order valence-corrected chi connectivity index (χ4v) is 1.83. The van der Waals surface area contributed by atoms with Crippen molar-refractivity contribution in [2.45, 2.75) is 32.7 Å². The zero-order valence-corrected chi connectivity index (χ0v) is 12.7. The maximum absolute atomic E-state index is 11.7. The topological polar surface area (TPSA) is 41.1 Å². The molecule has 17 heavy (non-hydrogen) atoms. The molecule has 0 aliphatic rings. The van der Waals surface area contributed by atoms with Gasteiger partial charge in [-0.05, 0) is 61.1 Å². The second-order valence-electron chi connectivity index (χ2n) is 4.65. The van der Waals surface area contributed by atoms with Gasteiger partial charge >= 0.3 is 0 Å². The highest BCUT2D eigenvalue weighted by molar-refractivity contribution is 14.1. The van der Waals surface area contributed by atoms with Gasteiger partial charge in [0.2, 0.25) is 5.91 Å². The Balaban J connectivity index is 2.44. The van der Waals surface area contributed by atoms with Gasteiger partial charge in [0, 0.05) is 14.8 Å². The van der Waals surface area contributed by atoms with E-state index in [4.69, 9.17) is 0 Å². The smallest absolute Gasteiger partial charge is 0.239 e. The van der Waals surface area contributed by atoms with E-state index >= 15 is 0 Å². The predicted molar refractivity (Wildman–Crippen MR) is 80.2 cm³/mol. The normalized spacial score (nSPS) is 11.1. The van der Waals surface area contributed by atoms with Crippen molar-refractivity contribution < 1.29 is 4.79 Å². The van der Waals surface area contributed by atoms with Crippen LogP contribution in [0.15, 0.2) is 24.3 Å². The van der Waals surface area contributed by atoms with E-state index in [2.05, 4.69) is 40.1 Å². The average Bonchev–Trinajstić information content (AvgIpc) is 2.26. The van der Waals surface area contributed by atoms with Crippen LogP contribution in [0.2, 0.25) is 0 Å². The van der Waals surface area contributed by atoms with Gasteiger partial charge in [0.05, 0.1) is 6.54 Å². The first kappa shape index (κ1) is 14.3. The number of nitrogens with one attached hydrogen (secondary N) is 2. The molecule has 0 aliphatic carbocycles. The van der Waals surface area contributed by atoms with Crippen LogP contribution in [0.4, 0.5) is 5.69 Å². The fourth-order valence-electron chi connectivity index (χ4n) is 1.29. The first-order chi connectivity index (χ1) is 7.93. The molecule has 1 aromatic carbocycles. The maximum atomic E-state index is 11.7. The Hall–Kier alpha value is -0.780. The lowest BCUT2D eigenvalue weighted by atomic mass is 10.0. The van der Waals surface area contributed by atoms with Crippen LogP contribution >= 0.6 is 22.6 Å². The molecular weight excluding hydrogens is 327 g/mol. The molecule has 0 bridgehead atoms. The lowest BCUT2D eigenvalue weighted by Gasteiger charge is -2.24. The zero-order valence-electron chi connectivity index (χ0n) is 10.5. The molecule has 0 radical (unpaired) electrons. The third-order valence-corrected chi connectivity index (χ3v) is 3.31. The number of hydrogen-bond acceptors (Lipinski definition) is 2. The van der Waals surface area contributed by atoms with Crippen molar-refractivity contribution in [1.82, 2.24) is 5.32 Å². The van der Waals surface area contributed by atoms with Crippen molar-refractivity contribution in [3.05, 3.63) is 27.8 Å². The van der Waals surface area contributed by atoms with Gasteiger partial charge in [0.25, 0.3) is 0 Å². The van der Waals surface area contributed by atoms with Crippen LogP contribution in [0.1, 0.15) is 27.2 Å². The van der Waals surface area contributed by atoms with Crippen LogP contribution in [0.5, 0.6) is 0 Å². The molecular formula is C13H19IN2O. The Bertz CT molecular complexity index is 391. The summed E-state index contributed by atoms with van der Waals surface area (Å²) >= 11 is 2.25. The summed E-state index contributed by atoms with van der Waals surface area (Å²) in [5.74, 6) is 0.0238. The van der Waals surface area contributed by atoms with Gasteiger partial charge in [0.1, 0.15) is 0 Å². The lowest BCUT2D eigenvalue weighted by molar-refractivity contribution is -0.121. The number of carbonyl (C=O) groups is 1. The number of rotatable bonds is 5. The Morgan fingerprint density at radius 1 is 1.41 bits per heavy atom. The molecule has 0 atom stereocenters. The van der Waals surface area contributed by atoms with E-state index in [1.54, 1.807) is 0 Å². The number of amides is 1. The summed E-state index contributed by atoms with van der Waals surface area (Å²) in [5.41, 5.74) is 0.838. The lowest BCUT2D eigenvalue weighted by Crippen LogP contribution is -2.45. The third kappa shape index (κ3) is 5.39. The van der Waals surface area contributed by atoms with Gasteiger partial charge in [-0.1, -0.05) is 13.0 Å². The Labute approximate surface area is 117 Å². The molecule has 1 amide bonds. The number of carbonyl (C=O) groups excluding carboxylic acids is 1. The largest absolute Gasteiger partial charge is 0.376 e. The Morgan fingerprint density at radius 2 is 2.12 bits per heavy atom. The van der Waals surface area contributed by atoms with Gasteiger partial charge in [-0.2, -0.15) is 0 Å². The van der Waals surface area contributed by atoms with E-state index < -0.39 is 0 Å². The number of halogens is 1. The zero-order chi connectivity index (χ0) is 12.9. The Kier molecular flexibility index (Phi) is 5.24. The quantitative estimate of drug-likeness (QED) is 0.805. The number of benzene rings is 1. The third-order valence-electron chi connectivity index (χ3n) is 2.64. The standard InChI is InChI=1S/C13H19IN2O/c1-4-13(2,3)16-12(17)9-15-11-7-5-6-10(14)8-11/h5-8,15H,4,9H2,1-3H3,(H,16,17). The predicted octanol–water partition coefficient (Wildman–Crippen LogP) is 3.01. The summed E-state index contributed by atoms with van der Waals surface area (Å²) in [5, 5.41) is 6.10. The number of hydrogen-bond donors (Lipinski definition) is 2. The van der Waals surface area contributed by atoms with E-state index in [1.807, 2.05) is 38.1 Å². The minimum absolute atomic E-state index is 0.0238. The molecule has 0 aromatic heterocycles. The molecule has 0 fully saturated rings. The average molecular weight is 346 g/mol. The van der Waals surface area contributed by atoms with Crippen molar-refractivity contribution in [1.29, 1.82) is 0 Å². The van der Waals surface area contributed by atoms with E-state index in [1.165, 1.54) is 0 Å². The first-order valence-electron chi connectivity index (χ1n) is 5.73. The van der Waals surface area contributed by atoms with Gasteiger partial charge in [0.15, 0.2) is 0 Å². The second-order valence-corrected chi connectivity index (χ2v) is 5.90. The van der Waals surface area contributed by atoms with Crippen molar-refractivity contribution in [3.63, 3.8) is 0 Å². The molecule has 0 saturated heterocycles. The van der Waals surface area contributed by atoms with E-state index in [0.29, 0.717) is 6.54 Å². The molecule has 0 saturated carbocycles. The van der Waals surface area contributed by atoms with Crippen molar-refractivity contribution >= 4 is 34.2 Å². The van der Waals surface area contributed by atoms with Gasteiger partial charge in [-0.25, -0.2) is 0 Å². The van der Waals surface area contributed by atoms with Crippen LogP contribution < -0.4 is 10.6 Å². The van der Waals surface area contributed by atoms with Crippen LogP contribution in [0.3, 0.4) is 0 Å². The monoisotopic (exact) mass is 346 g/mol. The number of anilines is 1. The fraction of sp³-hybridized carbons (Fsp3) is 0.462. The minimum Gasteiger partial charge on any atom is -0.376 e. The molecule has 2 N–H and O–H groups in total. The van der Waals surface area contributed by atoms with Crippen molar-refractivity contribution in [2.75, 3.05) is 11.9 Å². The van der Waals surface area contributed by atoms with Crippen molar-refractivity contribution in [2.24, 2.45) is 0 Å². The van der Waals surface area contributed by atoms with Crippen LogP contribution in [0.25, 0.3) is 0 Å². The van der Waals surface area contributed by atoms with E-state index in [-0.39, 0.29) is 11.4 Å². The molecule has 0 unspecified atom stereocenters. The molecule has 94 valence electrons. The summed E-state index contributed by atoms with van der Waals surface area (Å²) in [6.07, 6.45) is 0.919. The molecule has 0 spiro atoms. The maximum Gasteiger partial charge on any atom is 0.239 e.